The van der Waals surface area contributed by atoms with Crippen LogP contribution < -0.4 is 15.4 Å². The molecule has 1 aromatic carbocycles. The molecule has 1 aliphatic carbocycles. The molecule has 1 aromatic rings. The normalized spacial score (nSPS) is 16.0. The highest BCUT2D eigenvalue weighted by molar-refractivity contribution is 9.10. The Kier molecular flexibility index (Phi) is 6.36. The maximum absolute atomic E-state index is 5.40. The number of hydrogen-bond acceptors (Lipinski definition) is 2. The molecule has 21 heavy (non-hydrogen) atoms. The lowest BCUT2D eigenvalue weighted by atomic mass is 10.2. The molecule has 1 fully saturated rings. The Morgan fingerprint density at radius 1 is 1.38 bits per heavy atom. The summed E-state index contributed by atoms with van der Waals surface area (Å²) in [5.74, 6) is 1.77. The van der Waals surface area contributed by atoms with E-state index in [0.29, 0.717) is 12.6 Å². The maximum atomic E-state index is 5.40. The summed E-state index contributed by atoms with van der Waals surface area (Å²) in [6, 6.07) is 6.56. The molecule has 0 radical (unpaired) electrons. The molecule has 0 spiro atoms. The third kappa shape index (κ3) is 4.92. The standard InChI is InChI=1S/C16H24BrN3O/c1-3-18-16(20-14-6-4-5-7-14)19-11-12-10-13(17)8-9-15(12)21-2/h8-10,14H,3-7,11H2,1-2H3,(H2,18,19,20). The van der Waals surface area contributed by atoms with Crippen LogP contribution in [0.25, 0.3) is 0 Å². The molecule has 0 saturated heterocycles. The van der Waals surface area contributed by atoms with Crippen molar-refractivity contribution in [3.8, 4) is 5.75 Å². The van der Waals surface area contributed by atoms with Crippen molar-refractivity contribution in [3.05, 3.63) is 28.2 Å². The van der Waals surface area contributed by atoms with Crippen LogP contribution in [0.15, 0.2) is 27.7 Å². The lowest BCUT2D eigenvalue weighted by Crippen LogP contribution is -2.42. The predicted octanol–water partition coefficient (Wildman–Crippen LogP) is 3.46. The summed E-state index contributed by atoms with van der Waals surface area (Å²) >= 11 is 3.50. The molecule has 2 N–H and O–H groups in total. The van der Waals surface area contributed by atoms with E-state index < -0.39 is 0 Å². The molecular weight excluding hydrogens is 330 g/mol. The molecule has 0 aromatic heterocycles. The Morgan fingerprint density at radius 3 is 2.81 bits per heavy atom. The molecule has 1 aliphatic rings. The zero-order valence-corrected chi connectivity index (χ0v) is 14.4. The second-order valence-electron chi connectivity index (χ2n) is 5.28. The second kappa shape index (κ2) is 8.27. The molecule has 1 saturated carbocycles. The highest BCUT2D eigenvalue weighted by Crippen LogP contribution is 2.23. The van der Waals surface area contributed by atoms with E-state index in [0.717, 1.165) is 28.3 Å². The number of hydrogen-bond donors (Lipinski definition) is 2. The lowest BCUT2D eigenvalue weighted by molar-refractivity contribution is 0.409. The quantitative estimate of drug-likeness (QED) is 0.629. The molecule has 2 rings (SSSR count). The summed E-state index contributed by atoms with van der Waals surface area (Å²) < 4.78 is 6.44. The van der Waals surface area contributed by atoms with Crippen molar-refractivity contribution in [2.45, 2.75) is 45.2 Å². The lowest BCUT2D eigenvalue weighted by Gasteiger charge is -2.17. The van der Waals surface area contributed by atoms with Crippen molar-refractivity contribution in [3.63, 3.8) is 0 Å². The van der Waals surface area contributed by atoms with Crippen molar-refractivity contribution in [2.75, 3.05) is 13.7 Å². The van der Waals surface area contributed by atoms with Gasteiger partial charge in [0.2, 0.25) is 0 Å². The van der Waals surface area contributed by atoms with E-state index in [-0.39, 0.29) is 0 Å². The third-order valence-electron chi connectivity index (χ3n) is 3.69. The Morgan fingerprint density at radius 2 is 2.14 bits per heavy atom. The van der Waals surface area contributed by atoms with E-state index in [1.165, 1.54) is 25.7 Å². The monoisotopic (exact) mass is 353 g/mol. The molecule has 5 heteroatoms. The van der Waals surface area contributed by atoms with Crippen LogP contribution in [0.5, 0.6) is 5.75 Å². The molecule has 0 bridgehead atoms. The molecule has 4 nitrogen and oxygen atoms in total. The number of halogens is 1. The Hall–Kier alpha value is -1.23. The van der Waals surface area contributed by atoms with Gasteiger partial charge in [0.1, 0.15) is 5.75 Å². The van der Waals surface area contributed by atoms with Crippen LogP contribution in [-0.2, 0) is 6.54 Å². The summed E-state index contributed by atoms with van der Waals surface area (Å²) in [6.45, 7) is 3.56. The second-order valence-corrected chi connectivity index (χ2v) is 6.19. The topological polar surface area (TPSA) is 45.7 Å². The van der Waals surface area contributed by atoms with Crippen molar-refractivity contribution >= 4 is 21.9 Å². The average Bonchev–Trinajstić information content (AvgIpc) is 2.98. The minimum absolute atomic E-state index is 0.562. The minimum Gasteiger partial charge on any atom is -0.496 e. The zero-order chi connectivity index (χ0) is 15.1. The van der Waals surface area contributed by atoms with E-state index in [9.17, 15) is 0 Å². The number of aliphatic imine (C=N–C) groups is 1. The fourth-order valence-electron chi connectivity index (χ4n) is 2.62. The maximum Gasteiger partial charge on any atom is 0.191 e. The van der Waals surface area contributed by atoms with Gasteiger partial charge in [-0.25, -0.2) is 4.99 Å². The first-order chi connectivity index (χ1) is 10.2. The van der Waals surface area contributed by atoms with Crippen molar-refractivity contribution in [2.24, 2.45) is 4.99 Å². The van der Waals surface area contributed by atoms with Crippen LogP contribution in [0.2, 0.25) is 0 Å². The van der Waals surface area contributed by atoms with E-state index in [4.69, 9.17) is 9.73 Å². The third-order valence-corrected chi connectivity index (χ3v) is 4.18. The summed E-state index contributed by atoms with van der Waals surface area (Å²) in [4.78, 5) is 4.69. The van der Waals surface area contributed by atoms with Gasteiger partial charge in [0.15, 0.2) is 5.96 Å². The number of ether oxygens (including phenoxy) is 1. The number of methoxy groups -OCH3 is 1. The van der Waals surface area contributed by atoms with Crippen molar-refractivity contribution in [1.82, 2.24) is 10.6 Å². The summed E-state index contributed by atoms with van der Waals surface area (Å²) in [7, 11) is 1.69. The van der Waals surface area contributed by atoms with Gasteiger partial charge in [-0.1, -0.05) is 28.8 Å². The van der Waals surface area contributed by atoms with Gasteiger partial charge in [0, 0.05) is 22.6 Å². The summed E-state index contributed by atoms with van der Waals surface area (Å²) in [5.41, 5.74) is 1.08. The van der Waals surface area contributed by atoms with Gasteiger partial charge >= 0.3 is 0 Å². The summed E-state index contributed by atoms with van der Waals surface area (Å²) in [5, 5.41) is 6.84. The average molecular weight is 354 g/mol. The van der Waals surface area contributed by atoms with Crippen molar-refractivity contribution in [1.29, 1.82) is 0 Å². The van der Waals surface area contributed by atoms with Crippen LogP contribution in [-0.4, -0.2) is 25.7 Å². The van der Waals surface area contributed by atoms with Crippen LogP contribution in [0, 0.1) is 0 Å². The van der Waals surface area contributed by atoms with Crippen LogP contribution in [0.4, 0.5) is 0 Å². The van der Waals surface area contributed by atoms with Gasteiger partial charge in [-0.15, -0.1) is 0 Å². The number of rotatable bonds is 5. The van der Waals surface area contributed by atoms with Crippen LogP contribution >= 0.6 is 15.9 Å². The summed E-state index contributed by atoms with van der Waals surface area (Å²) in [6.07, 6.45) is 5.11. The van der Waals surface area contributed by atoms with E-state index in [1.54, 1.807) is 7.11 Å². The number of nitrogens with one attached hydrogen (secondary N) is 2. The van der Waals surface area contributed by atoms with Gasteiger partial charge in [-0.05, 0) is 38.0 Å². The fourth-order valence-corrected chi connectivity index (χ4v) is 3.03. The van der Waals surface area contributed by atoms with Gasteiger partial charge in [0.05, 0.1) is 13.7 Å². The Balaban J connectivity index is 2.05. The highest BCUT2D eigenvalue weighted by atomic mass is 79.9. The minimum atomic E-state index is 0.562. The number of benzene rings is 1. The fraction of sp³-hybridized carbons (Fsp3) is 0.562. The molecule has 116 valence electrons. The molecule has 0 aliphatic heterocycles. The molecule has 0 amide bonds. The van der Waals surface area contributed by atoms with Crippen molar-refractivity contribution < 1.29 is 4.74 Å². The molecular formula is C16H24BrN3O. The van der Waals surface area contributed by atoms with Crippen LogP contribution in [0.1, 0.15) is 38.2 Å². The van der Waals surface area contributed by atoms with E-state index >= 15 is 0 Å². The molecule has 0 heterocycles. The number of nitrogens with zero attached hydrogens (tertiary/aromatic N) is 1. The Bertz CT molecular complexity index is 484. The number of guanidine groups is 1. The SMILES string of the molecule is CCNC(=NCc1cc(Br)ccc1OC)NC1CCCC1. The van der Waals surface area contributed by atoms with E-state index in [1.807, 2.05) is 12.1 Å². The highest BCUT2D eigenvalue weighted by Gasteiger charge is 2.15. The smallest absolute Gasteiger partial charge is 0.191 e. The first kappa shape index (κ1) is 16.1. The first-order valence-electron chi connectivity index (χ1n) is 7.60. The predicted molar refractivity (Wildman–Crippen MR) is 90.9 cm³/mol. The zero-order valence-electron chi connectivity index (χ0n) is 12.8. The Labute approximate surface area is 135 Å². The first-order valence-corrected chi connectivity index (χ1v) is 8.39. The van der Waals surface area contributed by atoms with E-state index in [2.05, 4.69) is 39.6 Å². The van der Waals surface area contributed by atoms with Crippen LogP contribution in [0.3, 0.4) is 0 Å². The van der Waals surface area contributed by atoms with Gasteiger partial charge in [0.25, 0.3) is 0 Å². The van der Waals surface area contributed by atoms with Gasteiger partial charge in [-0.3, -0.25) is 0 Å². The van der Waals surface area contributed by atoms with Gasteiger partial charge < -0.3 is 15.4 Å². The largest absolute Gasteiger partial charge is 0.496 e. The molecule has 0 atom stereocenters. The molecule has 0 unspecified atom stereocenters. The van der Waals surface area contributed by atoms with Gasteiger partial charge in [-0.2, -0.15) is 0 Å².